The molecular weight excluding hydrogens is 561 g/mol. The van der Waals surface area contributed by atoms with E-state index in [1.807, 2.05) is 80.1 Å². The molecule has 9 heteroatoms. The minimum absolute atomic E-state index is 0.0989. The second-order valence-corrected chi connectivity index (χ2v) is 11.3. The molecule has 0 saturated carbocycles. The number of nitrogens with zero attached hydrogens (tertiary/aromatic N) is 1. The van der Waals surface area contributed by atoms with Crippen LogP contribution in [0.15, 0.2) is 78.9 Å². The first kappa shape index (κ1) is 32.6. The Kier molecular flexibility index (Phi) is 11.1. The molecule has 5 N–H and O–H groups in total. The quantitative estimate of drug-likeness (QED) is 0.120. The summed E-state index contributed by atoms with van der Waals surface area (Å²) in [5.41, 5.74) is 5.77. The van der Waals surface area contributed by atoms with Crippen LogP contribution in [-0.4, -0.2) is 51.0 Å². The number of aliphatic carboxylic acids is 1. The van der Waals surface area contributed by atoms with Crippen LogP contribution in [0.5, 0.6) is 0 Å². The van der Waals surface area contributed by atoms with Crippen molar-refractivity contribution in [1.29, 1.82) is 0 Å². The largest absolute Gasteiger partial charge is 0.481 e. The molecule has 4 rings (SSSR count). The van der Waals surface area contributed by atoms with Gasteiger partial charge in [-0.1, -0.05) is 56.3 Å². The van der Waals surface area contributed by atoms with E-state index in [-0.39, 0.29) is 37.0 Å². The Morgan fingerprint density at radius 1 is 0.909 bits per heavy atom. The van der Waals surface area contributed by atoms with E-state index in [1.165, 1.54) is 12.1 Å². The highest BCUT2D eigenvalue weighted by molar-refractivity contribution is 6.12. The molecule has 0 saturated heterocycles. The molecule has 1 amide bonds. The van der Waals surface area contributed by atoms with Gasteiger partial charge in [-0.05, 0) is 78.9 Å². The van der Waals surface area contributed by atoms with Gasteiger partial charge in [-0.3, -0.25) is 9.59 Å². The van der Waals surface area contributed by atoms with E-state index in [4.69, 9.17) is 5.11 Å². The van der Waals surface area contributed by atoms with Gasteiger partial charge >= 0.3 is 5.97 Å². The van der Waals surface area contributed by atoms with Crippen LogP contribution in [0.25, 0.3) is 22.4 Å². The van der Waals surface area contributed by atoms with E-state index >= 15 is 0 Å². The lowest BCUT2D eigenvalue weighted by atomic mass is 9.94. The normalized spacial score (nSPS) is 12.7. The Labute approximate surface area is 257 Å². The number of anilines is 1. The predicted octanol–water partition coefficient (Wildman–Crippen LogP) is 6.03. The number of hydrogen-bond donors (Lipinski definition) is 5. The maximum atomic E-state index is 14.3. The molecule has 232 valence electrons. The number of rotatable bonds is 14. The number of carbonyl (C=O) groups excluding carboxylic acids is 1. The number of benzene rings is 3. The Balaban J connectivity index is 1.88. The van der Waals surface area contributed by atoms with Crippen LogP contribution in [0.2, 0.25) is 0 Å². The molecule has 3 aromatic carbocycles. The SMILES string of the molecule is CNCc1cccc(NC(=O)c2c(-c3ccccc3)c(-c3ccc(F)cc3)n(CC[C@@H](O)C[C@@H](O)CC(=O)O)c2C(C)C)c1. The number of aliphatic hydroxyl groups excluding tert-OH is 2. The molecule has 1 heterocycles. The average molecular weight is 602 g/mol. The third-order valence-corrected chi connectivity index (χ3v) is 7.46. The van der Waals surface area contributed by atoms with E-state index in [2.05, 4.69) is 10.6 Å². The summed E-state index contributed by atoms with van der Waals surface area (Å²) in [6.45, 7) is 4.90. The summed E-state index contributed by atoms with van der Waals surface area (Å²) >= 11 is 0. The van der Waals surface area contributed by atoms with Gasteiger partial charge in [0.1, 0.15) is 5.82 Å². The Hall–Kier alpha value is -4.31. The van der Waals surface area contributed by atoms with Crippen LogP contribution in [0.4, 0.5) is 10.1 Å². The molecule has 0 fully saturated rings. The zero-order chi connectivity index (χ0) is 31.8. The van der Waals surface area contributed by atoms with Crippen molar-refractivity contribution in [2.24, 2.45) is 0 Å². The van der Waals surface area contributed by atoms with Gasteiger partial charge in [-0.15, -0.1) is 0 Å². The molecular formula is C35H40FN3O5. The highest BCUT2D eigenvalue weighted by Crippen LogP contribution is 2.42. The van der Waals surface area contributed by atoms with Crippen molar-refractivity contribution >= 4 is 17.6 Å². The fourth-order valence-corrected chi connectivity index (χ4v) is 5.64. The van der Waals surface area contributed by atoms with Crippen LogP contribution < -0.4 is 10.6 Å². The highest BCUT2D eigenvalue weighted by Gasteiger charge is 2.31. The molecule has 0 radical (unpaired) electrons. The second-order valence-electron chi connectivity index (χ2n) is 11.3. The minimum atomic E-state index is -1.19. The summed E-state index contributed by atoms with van der Waals surface area (Å²) in [7, 11) is 1.86. The van der Waals surface area contributed by atoms with Gasteiger partial charge in [0.05, 0.1) is 29.9 Å². The lowest BCUT2D eigenvalue weighted by Crippen LogP contribution is -2.22. The number of nitrogens with one attached hydrogen (secondary N) is 2. The summed E-state index contributed by atoms with van der Waals surface area (Å²) < 4.78 is 16.1. The van der Waals surface area contributed by atoms with Gasteiger partial charge in [0, 0.05) is 30.0 Å². The van der Waals surface area contributed by atoms with Gasteiger partial charge in [0.2, 0.25) is 0 Å². The van der Waals surface area contributed by atoms with Crippen molar-refractivity contribution in [1.82, 2.24) is 9.88 Å². The highest BCUT2D eigenvalue weighted by atomic mass is 19.1. The standard InChI is InChI=1S/C35H40FN3O5/c1-22(2)33-32(35(44)38-27-11-7-8-23(18-27)21-37-3)31(24-9-5-4-6-10-24)34(25-12-14-26(36)15-13-25)39(33)17-16-28(40)19-29(41)20-30(42)43/h4-15,18,22,28-29,37,40-41H,16-17,19-21H2,1-3H3,(H,38,44)(H,42,43)/t28-,29-/m1/s1. The summed E-state index contributed by atoms with van der Waals surface area (Å²) in [6, 6.07) is 23.3. The van der Waals surface area contributed by atoms with Gasteiger partial charge < -0.3 is 30.5 Å². The van der Waals surface area contributed by atoms with Crippen molar-refractivity contribution in [3.63, 3.8) is 0 Å². The van der Waals surface area contributed by atoms with Crippen molar-refractivity contribution in [3.05, 3.63) is 102 Å². The molecule has 0 unspecified atom stereocenters. The van der Waals surface area contributed by atoms with Gasteiger partial charge in [0.15, 0.2) is 0 Å². The van der Waals surface area contributed by atoms with Crippen LogP contribution in [0.1, 0.15) is 60.6 Å². The molecule has 4 aromatic rings. The smallest absolute Gasteiger partial charge is 0.305 e. The van der Waals surface area contributed by atoms with Crippen LogP contribution in [0, 0.1) is 5.82 Å². The van der Waals surface area contributed by atoms with Crippen LogP contribution in [-0.2, 0) is 17.9 Å². The minimum Gasteiger partial charge on any atom is -0.481 e. The summed E-state index contributed by atoms with van der Waals surface area (Å²) in [4.78, 5) is 25.3. The lowest BCUT2D eigenvalue weighted by molar-refractivity contribution is -0.139. The average Bonchev–Trinajstić information content (AvgIpc) is 3.32. The Bertz CT molecular complexity index is 1570. The topological polar surface area (TPSA) is 124 Å². The molecule has 0 spiro atoms. The van der Waals surface area contributed by atoms with E-state index in [0.717, 1.165) is 16.8 Å². The first-order valence-electron chi connectivity index (χ1n) is 14.8. The number of carboxylic acids is 1. The molecule has 0 aliphatic rings. The molecule has 0 bridgehead atoms. The Morgan fingerprint density at radius 2 is 1.61 bits per heavy atom. The van der Waals surface area contributed by atoms with Crippen LogP contribution >= 0.6 is 0 Å². The fourth-order valence-electron chi connectivity index (χ4n) is 5.64. The molecule has 0 aliphatic heterocycles. The number of aromatic nitrogens is 1. The number of carboxylic acid groups (broad SMARTS) is 1. The monoisotopic (exact) mass is 601 g/mol. The molecule has 2 atom stereocenters. The second kappa shape index (κ2) is 14.9. The van der Waals surface area contributed by atoms with Crippen molar-refractivity contribution < 1.29 is 29.3 Å². The van der Waals surface area contributed by atoms with Gasteiger partial charge in [-0.25, -0.2) is 4.39 Å². The predicted molar refractivity (Wildman–Crippen MR) is 170 cm³/mol. The molecule has 1 aromatic heterocycles. The van der Waals surface area contributed by atoms with Crippen molar-refractivity contribution in [3.8, 4) is 22.4 Å². The van der Waals surface area contributed by atoms with E-state index in [9.17, 15) is 24.2 Å². The van der Waals surface area contributed by atoms with E-state index < -0.39 is 24.6 Å². The number of hydrogen-bond acceptors (Lipinski definition) is 5. The fraction of sp³-hybridized carbons (Fsp3) is 0.314. The molecule has 0 aliphatic carbocycles. The molecule has 8 nitrogen and oxygen atoms in total. The number of carbonyl (C=O) groups is 2. The maximum absolute atomic E-state index is 14.3. The lowest BCUT2D eigenvalue weighted by Gasteiger charge is -2.20. The van der Waals surface area contributed by atoms with Crippen molar-refractivity contribution in [2.75, 3.05) is 12.4 Å². The number of aliphatic hydroxyl groups is 2. The third kappa shape index (κ3) is 7.99. The van der Waals surface area contributed by atoms with Gasteiger partial charge in [-0.2, -0.15) is 0 Å². The van der Waals surface area contributed by atoms with Crippen LogP contribution in [0.3, 0.4) is 0 Å². The van der Waals surface area contributed by atoms with Gasteiger partial charge in [0.25, 0.3) is 5.91 Å². The number of halogens is 1. The first-order chi connectivity index (χ1) is 21.1. The van der Waals surface area contributed by atoms with E-state index in [0.29, 0.717) is 34.6 Å². The summed E-state index contributed by atoms with van der Waals surface area (Å²) in [6.07, 6.45) is -2.54. The molecule has 44 heavy (non-hydrogen) atoms. The zero-order valence-electron chi connectivity index (χ0n) is 25.3. The summed E-state index contributed by atoms with van der Waals surface area (Å²) in [5.74, 6) is -1.96. The van der Waals surface area contributed by atoms with Crippen molar-refractivity contribution in [2.45, 2.75) is 64.3 Å². The zero-order valence-corrected chi connectivity index (χ0v) is 25.3. The first-order valence-corrected chi connectivity index (χ1v) is 14.8. The Morgan fingerprint density at radius 3 is 2.25 bits per heavy atom. The van der Waals surface area contributed by atoms with E-state index in [1.54, 1.807) is 12.1 Å². The third-order valence-electron chi connectivity index (χ3n) is 7.46. The number of amides is 1. The summed E-state index contributed by atoms with van der Waals surface area (Å²) in [5, 5.41) is 36.1. The maximum Gasteiger partial charge on any atom is 0.305 e.